The molecule has 33 heavy (non-hydrogen) atoms. The molecular weight excluding hydrogens is 434 g/mol. The van der Waals surface area contributed by atoms with Gasteiger partial charge in [-0.2, -0.15) is 0 Å². The van der Waals surface area contributed by atoms with E-state index < -0.39 is 0 Å². The maximum absolute atomic E-state index is 12.5. The summed E-state index contributed by atoms with van der Waals surface area (Å²) < 4.78 is 0. The van der Waals surface area contributed by atoms with Crippen LogP contribution in [-0.2, 0) is 6.54 Å². The number of aliphatic hydroxyl groups is 1. The summed E-state index contributed by atoms with van der Waals surface area (Å²) in [6.45, 7) is 13.7. The molecule has 1 heterocycles. The van der Waals surface area contributed by atoms with Crippen molar-refractivity contribution in [1.82, 2.24) is 10.3 Å². The van der Waals surface area contributed by atoms with Gasteiger partial charge in [-0.15, -0.1) is 0 Å². The van der Waals surface area contributed by atoms with E-state index in [9.17, 15) is 9.90 Å². The van der Waals surface area contributed by atoms with Gasteiger partial charge in [-0.25, -0.2) is 0 Å². The number of allylic oxidation sites excluding steroid dienone is 1. The molecule has 1 aliphatic rings. The second kappa shape index (κ2) is 10.8. The number of hydrogen-bond acceptors (Lipinski definition) is 4. The number of aliphatic hydroxyl groups excluding tert-OH is 1. The number of hydrogen-bond donors (Lipinski definition) is 3. The van der Waals surface area contributed by atoms with Gasteiger partial charge < -0.3 is 20.3 Å². The van der Waals surface area contributed by atoms with Crippen LogP contribution in [-0.4, -0.2) is 28.8 Å². The molecule has 0 atom stereocenters. The quantitative estimate of drug-likeness (QED) is 0.490. The summed E-state index contributed by atoms with van der Waals surface area (Å²) in [6, 6.07) is 6.48. The molecule has 0 saturated heterocycles. The average molecular weight is 472 g/mol. The molecule has 0 radical (unpaired) electrons. The molecule has 5 nitrogen and oxygen atoms in total. The van der Waals surface area contributed by atoms with Crippen molar-refractivity contribution in [1.29, 1.82) is 0 Å². The van der Waals surface area contributed by atoms with Crippen LogP contribution in [0.25, 0.3) is 5.70 Å². The number of aryl methyl sites for hydroxylation is 2. The summed E-state index contributed by atoms with van der Waals surface area (Å²) in [5.41, 5.74) is 8.07. The minimum atomic E-state index is -0.175. The van der Waals surface area contributed by atoms with Gasteiger partial charge in [0.25, 0.3) is 5.56 Å². The Hall–Kier alpha value is -2.24. The number of benzene rings is 1. The molecule has 0 amide bonds. The third-order valence-corrected chi connectivity index (χ3v) is 7.03. The minimum Gasteiger partial charge on any atom is -0.393 e. The van der Waals surface area contributed by atoms with Crippen molar-refractivity contribution in [2.75, 3.05) is 11.4 Å². The molecule has 0 unspecified atom stereocenters. The Labute approximate surface area is 202 Å². The number of nitrogens with zero attached hydrogens (tertiary/aromatic N) is 1. The third-order valence-electron chi connectivity index (χ3n) is 6.81. The van der Waals surface area contributed by atoms with Crippen molar-refractivity contribution < 1.29 is 5.11 Å². The zero-order chi connectivity index (χ0) is 24.3. The highest BCUT2D eigenvalue weighted by molar-refractivity contribution is 6.31. The molecule has 1 aromatic carbocycles. The first-order chi connectivity index (χ1) is 15.6. The van der Waals surface area contributed by atoms with Crippen molar-refractivity contribution in [2.24, 2.45) is 0 Å². The van der Waals surface area contributed by atoms with Crippen molar-refractivity contribution in [3.05, 3.63) is 67.1 Å². The first kappa shape index (κ1) is 25.4. The molecular formula is C27H38ClN3O2. The zero-order valence-corrected chi connectivity index (χ0v) is 21.6. The summed E-state index contributed by atoms with van der Waals surface area (Å²) in [4.78, 5) is 17.9. The molecule has 2 aromatic rings. The molecule has 1 aromatic heterocycles. The van der Waals surface area contributed by atoms with Gasteiger partial charge in [-0.3, -0.25) is 4.79 Å². The van der Waals surface area contributed by atoms with E-state index in [-0.39, 0.29) is 11.7 Å². The number of H-pyrrole nitrogens is 1. The number of halogens is 1. The average Bonchev–Trinajstić information content (AvgIpc) is 2.74. The largest absolute Gasteiger partial charge is 0.393 e. The number of aromatic nitrogens is 1. The Balaban J connectivity index is 1.96. The van der Waals surface area contributed by atoms with E-state index in [1.165, 1.54) is 5.56 Å². The summed E-state index contributed by atoms with van der Waals surface area (Å²) in [5.74, 6) is 0. The maximum Gasteiger partial charge on any atom is 0.253 e. The fourth-order valence-electron chi connectivity index (χ4n) is 5.04. The van der Waals surface area contributed by atoms with E-state index in [1.54, 1.807) is 0 Å². The van der Waals surface area contributed by atoms with Crippen LogP contribution in [0.5, 0.6) is 0 Å². The standard InChI is InChI=1S/C27H38ClN3O2/c1-7-31(21-8-10-22(32)11-9-21)25-14-20(28)13-23(19(25)6)26(16(2)3)29-15-24-17(4)12-18(5)30-27(24)33/h12-14,21-22,29,32H,7-11,15H2,1-6H3,(H,30,33). The Morgan fingerprint density at radius 3 is 2.39 bits per heavy atom. The van der Waals surface area contributed by atoms with Crippen LogP contribution < -0.4 is 15.8 Å². The highest BCUT2D eigenvalue weighted by Crippen LogP contribution is 2.36. The first-order valence-electron chi connectivity index (χ1n) is 12.0. The minimum absolute atomic E-state index is 0.0479. The number of anilines is 1. The van der Waals surface area contributed by atoms with Crippen LogP contribution in [0.2, 0.25) is 5.02 Å². The normalized spacial score (nSPS) is 18.2. The van der Waals surface area contributed by atoms with Gasteiger partial charge in [-0.05, 0) is 96.6 Å². The van der Waals surface area contributed by atoms with Crippen molar-refractivity contribution in [2.45, 2.75) is 85.9 Å². The molecule has 0 spiro atoms. The Morgan fingerprint density at radius 1 is 1.15 bits per heavy atom. The summed E-state index contributed by atoms with van der Waals surface area (Å²) >= 11 is 6.65. The number of nitrogens with one attached hydrogen (secondary N) is 2. The molecule has 3 N–H and O–H groups in total. The molecule has 6 heteroatoms. The van der Waals surface area contributed by atoms with Gasteiger partial charge in [0.1, 0.15) is 0 Å². The van der Waals surface area contributed by atoms with E-state index in [0.717, 1.165) is 71.6 Å². The molecule has 180 valence electrons. The number of pyridine rings is 1. The highest BCUT2D eigenvalue weighted by atomic mass is 35.5. The van der Waals surface area contributed by atoms with Crippen molar-refractivity contribution in [3.63, 3.8) is 0 Å². The second-order valence-electron chi connectivity index (χ2n) is 9.52. The van der Waals surface area contributed by atoms with Crippen LogP contribution in [0.4, 0.5) is 5.69 Å². The lowest BCUT2D eigenvalue weighted by Gasteiger charge is -2.38. The van der Waals surface area contributed by atoms with Crippen LogP contribution in [0.1, 0.15) is 74.4 Å². The summed E-state index contributed by atoms with van der Waals surface area (Å²) in [6.07, 6.45) is 3.49. The molecule has 0 aliphatic heterocycles. The van der Waals surface area contributed by atoms with Crippen LogP contribution in [0, 0.1) is 20.8 Å². The fourth-order valence-corrected chi connectivity index (χ4v) is 5.25. The smallest absolute Gasteiger partial charge is 0.253 e. The monoisotopic (exact) mass is 471 g/mol. The first-order valence-corrected chi connectivity index (χ1v) is 12.4. The fraction of sp³-hybridized carbons (Fsp3) is 0.519. The number of aromatic amines is 1. The summed E-state index contributed by atoms with van der Waals surface area (Å²) in [7, 11) is 0. The lowest BCUT2D eigenvalue weighted by atomic mass is 9.90. The molecule has 3 rings (SSSR count). The Morgan fingerprint density at radius 2 is 1.82 bits per heavy atom. The van der Waals surface area contributed by atoms with Crippen molar-refractivity contribution in [3.8, 4) is 0 Å². The van der Waals surface area contributed by atoms with Gasteiger partial charge in [0.05, 0.1) is 6.10 Å². The SMILES string of the molecule is CCN(c1cc(Cl)cc(C(NCc2c(C)cc(C)[nH]c2=O)=C(C)C)c1C)C1CCC(O)CC1. The lowest BCUT2D eigenvalue weighted by Crippen LogP contribution is -2.39. The Kier molecular flexibility index (Phi) is 8.30. The molecule has 1 fully saturated rings. The maximum atomic E-state index is 12.5. The van der Waals surface area contributed by atoms with E-state index in [1.807, 2.05) is 26.0 Å². The van der Waals surface area contributed by atoms with Crippen LogP contribution in [0.3, 0.4) is 0 Å². The predicted octanol–water partition coefficient (Wildman–Crippen LogP) is 5.62. The van der Waals surface area contributed by atoms with Crippen LogP contribution >= 0.6 is 11.6 Å². The molecule has 0 bridgehead atoms. The number of rotatable bonds is 7. The van der Waals surface area contributed by atoms with E-state index >= 15 is 0 Å². The van der Waals surface area contributed by atoms with E-state index in [0.29, 0.717) is 17.6 Å². The Bertz CT molecular complexity index is 1080. The van der Waals surface area contributed by atoms with Gasteiger partial charge in [0.2, 0.25) is 0 Å². The van der Waals surface area contributed by atoms with Gasteiger partial charge in [0, 0.05) is 52.4 Å². The highest BCUT2D eigenvalue weighted by Gasteiger charge is 2.26. The third kappa shape index (κ3) is 5.82. The predicted molar refractivity (Wildman–Crippen MR) is 139 cm³/mol. The molecule has 1 aliphatic carbocycles. The van der Waals surface area contributed by atoms with Crippen molar-refractivity contribution >= 4 is 23.0 Å². The van der Waals surface area contributed by atoms with Gasteiger partial charge >= 0.3 is 0 Å². The topological polar surface area (TPSA) is 68.4 Å². The van der Waals surface area contributed by atoms with Gasteiger partial charge in [-0.1, -0.05) is 17.2 Å². The van der Waals surface area contributed by atoms with E-state index in [4.69, 9.17) is 11.6 Å². The second-order valence-corrected chi connectivity index (χ2v) is 9.95. The lowest BCUT2D eigenvalue weighted by molar-refractivity contribution is 0.122. The zero-order valence-electron chi connectivity index (χ0n) is 20.8. The van der Waals surface area contributed by atoms with Gasteiger partial charge in [0.15, 0.2) is 0 Å². The summed E-state index contributed by atoms with van der Waals surface area (Å²) in [5, 5.41) is 14.2. The molecule has 1 saturated carbocycles. The van der Waals surface area contributed by atoms with E-state index in [2.05, 4.69) is 49.0 Å². The van der Waals surface area contributed by atoms with Crippen LogP contribution in [0.15, 0.2) is 28.6 Å².